The largest absolute Gasteiger partial charge is 0.424 e. The van der Waals surface area contributed by atoms with Crippen molar-refractivity contribution in [2.75, 3.05) is 13.6 Å². The van der Waals surface area contributed by atoms with E-state index in [9.17, 15) is 8.42 Å². The van der Waals surface area contributed by atoms with Crippen LogP contribution in [0.25, 0.3) is 0 Å². The molecule has 2 aromatic rings. The molecule has 1 aliphatic heterocycles. The van der Waals surface area contributed by atoms with Crippen molar-refractivity contribution < 1.29 is 12.8 Å². The molecule has 0 aliphatic carbocycles. The van der Waals surface area contributed by atoms with E-state index in [1.807, 2.05) is 37.3 Å². The molecule has 1 fully saturated rings. The van der Waals surface area contributed by atoms with Crippen LogP contribution in [0.3, 0.4) is 0 Å². The van der Waals surface area contributed by atoms with Gasteiger partial charge in [-0.3, -0.25) is 0 Å². The van der Waals surface area contributed by atoms with E-state index in [0.717, 1.165) is 5.56 Å². The van der Waals surface area contributed by atoms with Crippen LogP contribution in [0.2, 0.25) is 0 Å². The molecule has 7 nitrogen and oxygen atoms in total. The van der Waals surface area contributed by atoms with Crippen molar-refractivity contribution in [1.82, 2.24) is 19.8 Å². The zero-order valence-electron chi connectivity index (χ0n) is 13.8. The van der Waals surface area contributed by atoms with Gasteiger partial charge in [-0.05, 0) is 12.0 Å². The number of benzene rings is 1. The molecule has 0 amide bonds. The number of aromatic nitrogens is 2. The fourth-order valence-corrected chi connectivity index (χ4v) is 4.43. The maximum atomic E-state index is 12.8. The first kappa shape index (κ1) is 17.1. The summed E-state index contributed by atoms with van der Waals surface area (Å²) in [5, 5.41) is 10.6. The lowest BCUT2D eigenvalue weighted by Crippen LogP contribution is -2.36. The van der Waals surface area contributed by atoms with Gasteiger partial charge in [-0.25, -0.2) is 12.7 Å². The number of hydrogen-bond donors (Lipinski definition) is 1. The summed E-state index contributed by atoms with van der Waals surface area (Å²) in [6.45, 7) is 2.69. The second-order valence-corrected chi connectivity index (χ2v) is 8.31. The Morgan fingerprint density at radius 1 is 1.29 bits per heavy atom. The Kier molecular flexibility index (Phi) is 4.98. The van der Waals surface area contributed by atoms with Crippen LogP contribution in [-0.4, -0.2) is 41.8 Å². The van der Waals surface area contributed by atoms with E-state index in [0.29, 0.717) is 37.7 Å². The van der Waals surface area contributed by atoms with Crippen LogP contribution in [0.1, 0.15) is 36.7 Å². The van der Waals surface area contributed by atoms with Crippen LogP contribution < -0.4 is 5.32 Å². The number of nitrogens with one attached hydrogen (secondary N) is 1. The Morgan fingerprint density at radius 3 is 2.71 bits per heavy atom. The van der Waals surface area contributed by atoms with E-state index < -0.39 is 15.3 Å². The first-order valence-electron chi connectivity index (χ1n) is 8.05. The molecular formula is C16H22N4O3S. The molecular weight excluding hydrogens is 328 g/mol. The zero-order chi connectivity index (χ0) is 17.2. The van der Waals surface area contributed by atoms with Crippen molar-refractivity contribution in [3.05, 3.63) is 47.7 Å². The topological polar surface area (TPSA) is 88.3 Å². The van der Waals surface area contributed by atoms with E-state index in [4.69, 9.17) is 4.42 Å². The number of nitrogens with zero attached hydrogens (tertiary/aromatic N) is 3. The van der Waals surface area contributed by atoms with Crippen molar-refractivity contribution in [2.45, 2.75) is 37.6 Å². The maximum Gasteiger partial charge on any atom is 0.233 e. The summed E-state index contributed by atoms with van der Waals surface area (Å²) < 4.78 is 32.5. The second-order valence-electron chi connectivity index (χ2n) is 5.99. The lowest BCUT2D eigenvalue weighted by molar-refractivity contribution is 0.404. The molecule has 3 rings (SSSR count). The van der Waals surface area contributed by atoms with Crippen LogP contribution in [0.4, 0.5) is 0 Å². The normalized spacial score (nSPS) is 21.5. The number of aryl methyl sites for hydroxylation is 1. The minimum absolute atomic E-state index is 0.206. The highest BCUT2D eigenvalue weighted by molar-refractivity contribution is 7.89. The maximum absolute atomic E-state index is 12.8. The van der Waals surface area contributed by atoms with E-state index >= 15 is 0 Å². The Morgan fingerprint density at radius 2 is 2.04 bits per heavy atom. The van der Waals surface area contributed by atoms with Gasteiger partial charge in [-0.2, -0.15) is 0 Å². The van der Waals surface area contributed by atoms with Crippen molar-refractivity contribution >= 4 is 10.0 Å². The van der Waals surface area contributed by atoms with Crippen molar-refractivity contribution in [3.63, 3.8) is 0 Å². The monoisotopic (exact) mass is 350 g/mol. The van der Waals surface area contributed by atoms with E-state index in [2.05, 4.69) is 15.5 Å². The highest BCUT2D eigenvalue weighted by atomic mass is 32.2. The molecule has 1 aromatic carbocycles. The summed E-state index contributed by atoms with van der Waals surface area (Å²) in [4.78, 5) is 0. The fourth-order valence-electron chi connectivity index (χ4n) is 2.85. The van der Waals surface area contributed by atoms with Crippen molar-refractivity contribution in [2.24, 2.45) is 0 Å². The van der Waals surface area contributed by atoms with Gasteiger partial charge in [0.2, 0.25) is 21.8 Å². The second kappa shape index (κ2) is 7.00. The van der Waals surface area contributed by atoms with Gasteiger partial charge in [0.15, 0.2) is 0 Å². The van der Waals surface area contributed by atoms with E-state index in [1.165, 1.54) is 4.31 Å². The SMILES string of the molecule is CCc1nnc(C2CC(S(=O)(=O)N(C)Cc3ccccc3)CN2)o1. The quantitative estimate of drug-likeness (QED) is 0.849. The van der Waals surface area contributed by atoms with Crippen LogP contribution in [0, 0.1) is 0 Å². The third kappa shape index (κ3) is 3.50. The lowest BCUT2D eigenvalue weighted by atomic mass is 10.2. The minimum atomic E-state index is -3.40. The lowest BCUT2D eigenvalue weighted by Gasteiger charge is -2.21. The Hall–Kier alpha value is -1.77. The average molecular weight is 350 g/mol. The third-order valence-corrected chi connectivity index (χ3v) is 6.48. The van der Waals surface area contributed by atoms with Gasteiger partial charge in [0, 0.05) is 26.6 Å². The molecule has 1 aliphatic rings. The van der Waals surface area contributed by atoms with Gasteiger partial charge in [-0.15, -0.1) is 10.2 Å². The zero-order valence-corrected chi connectivity index (χ0v) is 14.7. The third-order valence-electron chi connectivity index (χ3n) is 4.28. The van der Waals surface area contributed by atoms with Gasteiger partial charge >= 0.3 is 0 Å². The first-order chi connectivity index (χ1) is 11.5. The number of hydrogen-bond acceptors (Lipinski definition) is 6. The molecule has 24 heavy (non-hydrogen) atoms. The molecule has 2 unspecified atom stereocenters. The molecule has 130 valence electrons. The molecule has 0 saturated carbocycles. The molecule has 8 heteroatoms. The molecule has 2 atom stereocenters. The van der Waals surface area contributed by atoms with Crippen molar-refractivity contribution in [3.8, 4) is 0 Å². The smallest absolute Gasteiger partial charge is 0.233 e. The molecule has 0 spiro atoms. The Bertz CT molecular complexity index is 776. The first-order valence-corrected chi connectivity index (χ1v) is 9.55. The van der Waals surface area contributed by atoms with E-state index in [1.54, 1.807) is 7.05 Å². The predicted octanol–water partition coefficient (Wildman–Crippen LogP) is 1.50. The summed E-state index contributed by atoms with van der Waals surface area (Å²) in [5.74, 6) is 1.04. The molecule has 0 radical (unpaired) electrons. The van der Waals surface area contributed by atoms with Gasteiger partial charge in [0.25, 0.3) is 0 Å². The van der Waals surface area contributed by atoms with Crippen LogP contribution in [-0.2, 0) is 23.0 Å². The molecule has 1 aromatic heterocycles. The predicted molar refractivity (Wildman–Crippen MR) is 89.7 cm³/mol. The molecule has 0 bridgehead atoms. The number of sulfonamides is 1. The average Bonchev–Trinajstić information content (AvgIpc) is 3.25. The highest BCUT2D eigenvalue weighted by Crippen LogP contribution is 2.28. The fraction of sp³-hybridized carbons (Fsp3) is 0.500. The summed E-state index contributed by atoms with van der Waals surface area (Å²) in [6.07, 6.45) is 1.11. The summed E-state index contributed by atoms with van der Waals surface area (Å²) in [6, 6.07) is 9.37. The highest BCUT2D eigenvalue weighted by Gasteiger charge is 2.39. The van der Waals surface area contributed by atoms with Gasteiger partial charge in [0.1, 0.15) is 0 Å². The molecule has 2 heterocycles. The van der Waals surface area contributed by atoms with Gasteiger partial charge in [0.05, 0.1) is 11.3 Å². The Balaban J connectivity index is 1.67. The van der Waals surface area contributed by atoms with Crippen LogP contribution in [0.15, 0.2) is 34.7 Å². The summed E-state index contributed by atoms with van der Waals surface area (Å²) >= 11 is 0. The van der Waals surface area contributed by atoms with Crippen LogP contribution in [0.5, 0.6) is 0 Å². The molecule has 1 N–H and O–H groups in total. The van der Waals surface area contributed by atoms with Gasteiger partial charge < -0.3 is 9.73 Å². The van der Waals surface area contributed by atoms with Crippen LogP contribution >= 0.6 is 0 Å². The number of rotatable bonds is 6. The minimum Gasteiger partial charge on any atom is -0.424 e. The van der Waals surface area contributed by atoms with E-state index in [-0.39, 0.29) is 6.04 Å². The molecule has 1 saturated heterocycles. The summed E-state index contributed by atoms with van der Waals surface area (Å²) in [7, 11) is -1.77. The summed E-state index contributed by atoms with van der Waals surface area (Å²) in [5.41, 5.74) is 0.968. The van der Waals surface area contributed by atoms with Crippen molar-refractivity contribution in [1.29, 1.82) is 0 Å². The Labute approximate surface area is 142 Å². The standard InChI is InChI=1S/C16H22N4O3S/c1-3-15-18-19-16(23-15)14-9-13(10-17-14)24(21,22)20(2)11-12-7-5-4-6-8-12/h4-8,13-14,17H,3,9-11H2,1-2H3. The van der Waals surface area contributed by atoms with Gasteiger partial charge in [-0.1, -0.05) is 37.3 Å².